The van der Waals surface area contributed by atoms with E-state index in [9.17, 15) is 4.79 Å². The van der Waals surface area contributed by atoms with E-state index in [1.165, 1.54) is 5.56 Å². The molecule has 0 radical (unpaired) electrons. The summed E-state index contributed by atoms with van der Waals surface area (Å²) < 4.78 is 5.95. The molecule has 7 nitrogen and oxygen atoms in total. The standard InChI is InChI=1S/C25H24ClN5O2/c26-19-4-6-20(7-5-19)33-21-3-1-2-18(16-21)17-30-12-14-31(15-13-30)25(32)29-23-9-11-28-24-22(23)8-10-27-24/h1-11,16H,12-15,17H2,(H2,27,28,29,32). The van der Waals surface area contributed by atoms with Gasteiger partial charge in [0.1, 0.15) is 17.1 Å². The Hall–Kier alpha value is -3.55. The molecular formula is C25H24ClN5O2. The van der Waals surface area contributed by atoms with E-state index in [1.54, 1.807) is 6.20 Å². The first-order valence-corrected chi connectivity index (χ1v) is 11.2. The molecule has 168 valence electrons. The van der Waals surface area contributed by atoms with Crippen LogP contribution in [0.1, 0.15) is 5.56 Å². The van der Waals surface area contributed by atoms with Gasteiger partial charge in [0.2, 0.25) is 0 Å². The van der Waals surface area contributed by atoms with Gasteiger partial charge in [-0.2, -0.15) is 0 Å². The maximum Gasteiger partial charge on any atom is 0.321 e. The van der Waals surface area contributed by atoms with Gasteiger partial charge in [0, 0.05) is 55.5 Å². The normalized spacial score (nSPS) is 14.4. The number of aromatic nitrogens is 2. The van der Waals surface area contributed by atoms with Crippen molar-refractivity contribution in [3.63, 3.8) is 0 Å². The predicted octanol–water partition coefficient (Wildman–Crippen LogP) is 5.36. The Morgan fingerprint density at radius 2 is 1.85 bits per heavy atom. The number of aromatic amines is 1. The van der Waals surface area contributed by atoms with Gasteiger partial charge in [-0.1, -0.05) is 23.7 Å². The second-order valence-corrected chi connectivity index (χ2v) is 8.43. The second-order valence-electron chi connectivity index (χ2n) is 8.00. The molecule has 2 amide bonds. The van der Waals surface area contributed by atoms with Crippen LogP contribution in [0.15, 0.2) is 73.1 Å². The Kier molecular flexibility index (Phi) is 6.15. The third kappa shape index (κ3) is 5.10. The lowest BCUT2D eigenvalue weighted by Crippen LogP contribution is -2.49. The zero-order valence-electron chi connectivity index (χ0n) is 18.0. The van der Waals surface area contributed by atoms with Gasteiger partial charge in [-0.15, -0.1) is 0 Å². The Balaban J connectivity index is 1.15. The van der Waals surface area contributed by atoms with Crippen LogP contribution in [0.2, 0.25) is 5.02 Å². The summed E-state index contributed by atoms with van der Waals surface area (Å²) in [5, 5.41) is 4.61. The van der Waals surface area contributed by atoms with Crippen molar-refractivity contribution < 1.29 is 9.53 Å². The maximum absolute atomic E-state index is 12.8. The number of halogens is 1. The van der Waals surface area contributed by atoms with E-state index < -0.39 is 0 Å². The Morgan fingerprint density at radius 1 is 1.03 bits per heavy atom. The van der Waals surface area contributed by atoms with E-state index in [1.807, 2.05) is 59.6 Å². The average Bonchev–Trinajstić information content (AvgIpc) is 3.31. The fourth-order valence-corrected chi connectivity index (χ4v) is 4.10. The van der Waals surface area contributed by atoms with Crippen LogP contribution in [0.3, 0.4) is 0 Å². The molecule has 2 aromatic carbocycles. The van der Waals surface area contributed by atoms with E-state index in [0.29, 0.717) is 18.1 Å². The first-order chi connectivity index (χ1) is 16.1. The summed E-state index contributed by atoms with van der Waals surface area (Å²) in [6, 6.07) is 19.1. The van der Waals surface area contributed by atoms with E-state index in [-0.39, 0.29) is 6.03 Å². The summed E-state index contributed by atoms with van der Waals surface area (Å²) in [7, 11) is 0. The molecule has 8 heteroatoms. The molecule has 1 aliphatic rings. The van der Waals surface area contributed by atoms with Gasteiger partial charge in [-0.25, -0.2) is 9.78 Å². The summed E-state index contributed by atoms with van der Waals surface area (Å²) in [6.45, 7) is 3.78. The number of hydrogen-bond donors (Lipinski definition) is 2. The number of hydrogen-bond acceptors (Lipinski definition) is 4. The summed E-state index contributed by atoms with van der Waals surface area (Å²) in [4.78, 5) is 24.3. The minimum Gasteiger partial charge on any atom is -0.457 e. The number of fused-ring (bicyclic) bond motifs is 1. The fraction of sp³-hybridized carbons (Fsp3) is 0.200. The lowest BCUT2D eigenvalue weighted by Gasteiger charge is -2.34. The zero-order chi connectivity index (χ0) is 22.6. The number of urea groups is 1. The smallest absolute Gasteiger partial charge is 0.321 e. The molecular weight excluding hydrogens is 438 g/mol. The van der Waals surface area contributed by atoms with Crippen molar-refractivity contribution in [2.75, 3.05) is 31.5 Å². The molecule has 0 atom stereocenters. The maximum atomic E-state index is 12.8. The summed E-state index contributed by atoms with van der Waals surface area (Å²) in [6.07, 6.45) is 3.51. The summed E-state index contributed by atoms with van der Waals surface area (Å²) in [5.41, 5.74) is 2.71. The third-order valence-corrected chi connectivity index (χ3v) is 5.97. The van der Waals surface area contributed by atoms with Crippen molar-refractivity contribution in [2.45, 2.75) is 6.54 Å². The van der Waals surface area contributed by atoms with Gasteiger partial charge < -0.3 is 19.9 Å². The van der Waals surface area contributed by atoms with Gasteiger partial charge in [0.05, 0.1) is 5.69 Å². The number of anilines is 1. The highest BCUT2D eigenvalue weighted by Gasteiger charge is 2.22. The van der Waals surface area contributed by atoms with Crippen molar-refractivity contribution in [1.29, 1.82) is 0 Å². The predicted molar refractivity (Wildman–Crippen MR) is 130 cm³/mol. The molecule has 0 aliphatic carbocycles. The van der Waals surface area contributed by atoms with Crippen LogP contribution in [0, 0.1) is 0 Å². The lowest BCUT2D eigenvalue weighted by atomic mass is 10.2. The fourth-order valence-electron chi connectivity index (χ4n) is 3.98. The molecule has 0 unspecified atom stereocenters. The molecule has 4 aromatic rings. The Bertz CT molecular complexity index is 1250. The number of nitrogens with zero attached hydrogens (tertiary/aromatic N) is 3. The highest BCUT2D eigenvalue weighted by molar-refractivity contribution is 6.30. The lowest BCUT2D eigenvalue weighted by molar-refractivity contribution is 0.143. The number of nitrogens with one attached hydrogen (secondary N) is 2. The molecule has 0 bridgehead atoms. The molecule has 1 saturated heterocycles. The van der Waals surface area contributed by atoms with Crippen LogP contribution in [0.25, 0.3) is 11.0 Å². The van der Waals surface area contributed by atoms with Crippen molar-refractivity contribution in [1.82, 2.24) is 19.8 Å². The minimum absolute atomic E-state index is 0.0817. The van der Waals surface area contributed by atoms with Gasteiger partial charge >= 0.3 is 6.03 Å². The molecule has 1 fully saturated rings. The second kappa shape index (κ2) is 9.52. The van der Waals surface area contributed by atoms with Crippen LogP contribution < -0.4 is 10.1 Å². The molecule has 5 rings (SSSR count). The molecule has 1 aliphatic heterocycles. The quantitative estimate of drug-likeness (QED) is 0.419. The van der Waals surface area contributed by atoms with Crippen LogP contribution in [-0.4, -0.2) is 52.0 Å². The zero-order valence-corrected chi connectivity index (χ0v) is 18.8. The summed E-state index contributed by atoms with van der Waals surface area (Å²) in [5.74, 6) is 1.54. The van der Waals surface area contributed by atoms with Crippen LogP contribution in [0.5, 0.6) is 11.5 Å². The average molecular weight is 462 g/mol. The minimum atomic E-state index is -0.0817. The van der Waals surface area contributed by atoms with Crippen LogP contribution >= 0.6 is 11.6 Å². The topological polar surface area (TPSA) is 73.5 Å². The molecule has 2 aromatic heterocycles. The first-order valence-electron chi connectivity index (χ1n) is 10.9. The number of amides is 2. The van der Waals surface area contributed by atoms with Gasteiger partial charge in [0.25, 0.3) is 0 Å². The number of piperazine rings is 1. The van der Waals surface area contributed by atoms with Crippen molar-refractivity contribution >= 4 is 34.4 Å². The molecule has 2 N–H and O–H groups in total. The third-order valence-electron chi connectivity index (χ3n) is 5.72. The summed E-state index contributed by atoms with van der Waals surface area (Å²) >= 11 is 5.94. The molecule has 33 heavy (non-hydrogen) atoms. The van der Waals surface area contributed by atoms with E-state index in [4.69, 9.17) is 16.3 Å². The van der Waals surface area contributed by atoms with Gasteiger partial charge in [-0.3, -0.25) is 4.90 Å². The monoisotopic (exact) mass is 461 g/mol. The number of pyridine rings is 1. The highest BCUT2D eigenvalue weighted by Crippen LogP contribution is 2.25. The number of carbonyl (C=O) groups excluding carboxylic acids is 1. The SMILES string of the molecule is O=C(Nc1ccnc2[nH]ccc12)N1CCN(Cc2cccc(Oc3ccc(Cl)cc3)c2)CC1. The van der Waals surface area contributed by atoms with Crippen molar-refractivity contribution in [2.24, 2.45) is 0 Å². The van der Waals surface area contributed by atoms with E-state index in [0.717, 1.165) is 47.9 Å². The van der Waals surface area contributed by atoms with Crippen molar-refractivity contribution in [3.8, 4) is 11.5 Å². The van der Waals surface area contributed by atoms with Crippen LogP contribution in [-0.2, 0) is 6.54 Å². The number of H-pyrrole nitrogens is 1. The molecule has 0 spiro atoms. The van der Waals surface area contributed by atoms with Gasteiger partial charge in [-0.05, 0) is 54.1 Å². The Labute approximate surface area is 196 Å². The van der Waals surface area contributed by atoms with E-state index in [2.05, 4.69) is 32.3 Å². The number of carbonyl (C=O) groups is 1. The Morgan fingerprint density at radius 3 is 2.67 bits per heavy atom. The highest BCUT2D eigenvalue weighted by atomic mass is 35.5. The molecule has 3 heterocycles. The van der Waals surface area contributed by atoms with Gasteiger partial charge in [0.15, 0.2) is 0 Å². The number of rotatable bonds is 5. The van der Waals surface area contributed by atoms with Crippen molar-refractivity contribution in [3.05, 3.63) is 83.6 Å². The number of benzene rings is 2. The van der Waals surface area contributed by atoms with E-state index >= 15 is 0 Å². The molecule has 0 saturated carbocycles. The first kappa shape index (κ1) is 21.3. The number of ether oxygens (including phenoxy) is 1. The largest absolute Gasteiger partial charge is 0.457 e. The van der Waals surface area contributed by atoms with Crippen LogP contribution in [0.4, 0.5) is 10.5 Å².